The molecule has 156 valence electrons. The minimum absolute atomic E-state index is 0. The standard InChI is InChI=1S/C19H32N4O2.2ClH/c1-14(17-4-6-20-7-5-17)10-19(24)22-8-9-25-18(12-22)13-23-16(3)11-15(2)21-23;;/h11,14,17-18,20H,4-10,12-13H2,1-3H3;2*1H. The second-order valence-electron chi connectivity index (χ2n) is 7.71. The summed E-state index contributed by atoms with van der Waals surface area (Å²) in [5, 5.41) is 7.91. The number of halogens is 2. The predicted octanol–water partition coefficient (Wildman–Crippen LogP) is 2.60. The van der Waals surface area contributed by atoms with Crippen LogP contribution in [0.5, 0.6) is 0 Å². The van der Waals surface area contributed by atoms with Gasteiger partial charge in [-0.3, -0.25) is 9.48 Å². The van der Waals surface area contributed by atoms with E-state index in [1.165, 1.54) is 12.8 Å². The van der Waals surface area contributed by atoms with Crippen molar-refractivity contribution in [2.24, 2.45) is 11.8 Å². The third kappa shape index (κ3) is 6.63. The van der Waals surface area contributed by atoms with E-state index < -0.39 is 0 Å². The molecule has 2 aliphatic heterocycles. The number of piperidine rings is 1. The van der Waals surface area contributed by atoms with Crippen LogP contribution in [0.25, 0.3) is 0 Å². The molecule has 2 unspecified atom stereocenters. The molecule has 1 aromatic rings. The number of nitrogens with one attached hydrogen (secondary N) is 1. The van der Waals surface area contributed by atoms with Gasteiger partial charge in [0, 0.05) is 25.2 Å². The maximum absolute atomic E-state index is 12.8. The van der Waals surface area contributed by atoms with E-state index in [9.17, 15) is 4.79 Å². The van der Waals surface area contributed by atoms with E-state index in [0.717, 1.165) is 24.5 Å². The zero-order valence-corrected chi connectivity index (χ0v) is 18.3. The lowest BCUT2D eigenvalue weighted by Gasteiger charge is -2.35. The van der Waals surface area contributed by atoms with Crippen LogP contribution >= 0.6 is 24.8 Å². The Morgan fingerprint density at radius 3 is 2.67 bits per heavy atom. The number of hydrogen-bond donors (Lipinski definition) is 1. The van der Waals surface area contributed by atoms with Crippen LogP contribution in [-0.4, -0.2) is 59.5 Å². The Kier molecular flexibility index (Phi) is 10.1. The average molecular weight is 421 g/mol. The van der Waals surface area contributed by atoms with Crippen LogP contribution in [0.3, 0.4) is 0 Å². The molecule has 0 bridgehead atoms. The van der Waals surface area contributed by atoms with Crippen LogP contribution in [0.1, 0.15) is 37.6 Å². The zero-order valence-electron chi connectivity index (χ0n) is 16.6. The van der Waals surface area contributed by atoms with Crippen LogP contribution in [0.4, 0.5) is 0 Å². The maximum atomic E-state index is 12.8. The van der Waals surface area contributed by atoms with Gasteiger partial charge in [0.2, 0.25) is 5.91 Å². The van der Waals surface area contributed by atoms with E-state index in [1.807, 2.05) is 16.5 Å². The minimum Gasteiger partial charge on any atom is -0.373 e. The van der Waals surface area contributed by atoms with Gasteiger partial charge in [-0.25, -0.2) is 0 Å². The number of amides is 1. The van der Waals surface area contributed by atoms with Crippen LogP contribution in [0, 0.1) is 25.7 Å². The first-order valence-corrected chi connectivity index (χ1v) is 9.64. The van der Waals surface area contributed by atoms with E-state index in [0.29, 0.717) is 44.5 Å². The Morgan fingerprint density at radius 1 is 1.33 bits per heavy atom. The van der Waals surface area contributed by atoms with Crippen LogP contribution in [-0.2, 0) is 16.1 Å². The molecule has 6 nitrogen and oxygen atoms in total. The Labute approximate surface area is 175 Å². The number of nitrogens with zero attached hydrogens (tertiary/aromatic N) is 3. The van der Waals surface area contributed by atoms with Crippen LogP contribution in [0.15, 0.2) is 6.07 Å². The summed E-state index contributed by atoms with van der Waals surface area (Å²) in [6, 6.07) is 2.08. The van der Waals surface area contributed by atoms with E-state index in [1.54, 1.807) is 0 Å². The summed E-state index contributed by atoms with van der Waals surface area (Å²) >= 11 is 0. The molecule has 3 heterocycles. The second kappa shape index (κ2) is 11.2. The number of aromatic nitrogens is 2. The monoisotopic (exact) mass is 420 g/mol. The van der Waals surface area contributed by atoms with Crippen molar-refractivity contribution in [3.63, 3.8) is 0 Å². The van der Waals surface area contributed by atoms with Gasteiger partial charge in [-0.15, -0.1) is 24.8 Å². The van der Waals surface area contributed by atoms with Gasteiger partial charge < -0.3 is 15.0 Å². The number of carbonyl (C=O) groups excluding carboxylic acids is 1. The number of rotatable bonds is 5. The van der Waals surface area contributed by atoms with E-state index >= 15 is 0 Å². The molecule has 1 N–H and O–H groups in total. The van der Waals surface area contributed by atoms with Crippen molar-refractivity contribution in [2.45, 2.75) is 52.7 Å². The molecule has 27 heavy (non-hydrogen) atoms. The van der Waals surface area contributed by atoms with Gasteiger partial charge >= 0.3 is 0 Å². The molecule has 2 aliphatic rings. The van der Waals surface area contributed by atoms with Gasteiger partial charge in [0.25, 0.3) is 0 Å². The fraction of sp³-hybridized carbons (Fsp3) is 0.789. The molecule has 2 fully saturated rings. The fourth-order valence-corrected chi connectivity index (χ4v) is 4.09. The normalized spacial score (nSPS) is 21.9. The molecule has 3 rings (SSSR count). The van der Waals surface area contributed by atoms with Crippen LogP contribution < -0.4 is 5.32 Å². The largest absolute Gasteiger partial charge is 0.373 e. The number of ether oxygens (including phenoxy) is 1. The smallest absolute Gasteiger partial charge is 0.223 e. The summed E-state index contributed by atoms with van der Waals surface area (Å²) in [5.41, 5.74) is 2.17. The summed E-state index contributed by atoms with van der Waals surface area (Å²) in [4.78, 5) is 14.7. The molecule has 0 saturated carbocycles. The summed E-state index contributed by atoms with van der Waals surface area (Å²) in [7, 11) is 0. The first-order chi connectivity index (χ1) is 12.0. The zero-order chi connectivity index (χ0) is 17.8. The molecule has 0 spiro atoms. The molecule has 2 saturated heterocycles. The van der Waals surface area contributed by atoms with Gasteiger partial charge in [0.15, 0.2) is 0 Å². The molecule has 0 aromatic carbocycles. The van der Waals surface area contributed by atoms with Crippen molar-refractivity contribution >= 4 is 30.7 Å². The highest BCUT2D eigenvalue weighted by atomic mass is 35.5. The number of hydrogen-bond acceptors (Lipinski definition) is 4. The molecule has 0 radical (unpaired) electrons. The molecule has 1 amide bonds. The average Bonchev–Trinajstić information content (AvgIpc) is 2.93. The fourth-order valence-electron chi connectivity index (χ4n) is 4.09. The Morgan fingerprint density at radius 2 is 2.04 bits per heavy atom. The highest BCUT2D eigenvalue weighted by Gasteiger charge is 2.28. The van der Waals surface area contributed by atoms with E-state index in [2.05, 4.69) is 30.3 Å². The Balaban J connectivity index is 0.00000182. The summed E-state index contributed by atoms with van der Waals surface area (Å²) in [6.45, 7) is 11.2. The van der Waals surface area contributed by atoms with Crippen LogP contribution in [0.2, 0.25) is 0 Å². The molecule has 0 aliphatic carbocycles. The van der Waals surface area contributed by atoms with Crippen molar-refractivity contribution in [1.29, 1.82) is 0 Å². The SMILES string of the molecule is Cc1cc(C)n(CC2CN(C(=O)CC(C)C3CCNCC3)CCO2)n1.Cl.Cl. The second-order valence-corrected chi connectivity index (χ2v) is 7.71. The first kappa shape index (κ1) is 24.2. The summed E-state index contributed by atoms with van der Waals surface area (Å²) < 4.78 is 7.88. The quantitative estimate of drug-likeness (QED) is 0.794. The molecule has 2 atom stereocenters. The third-order valence-corrected chi connectivity index (χ3v) is 5.66. The lowest BCUT2D eigenvalue weighted by molar-refractivity contribution is -0.140. The van der Waals surface area contributed by atoms with Gasteiger partial charge in [-0.1, -0.05) is 6.92 Å². The number of aryl methyl sites for hydroxylation is 2. The molecular weight excluding hydrogens is 387 g/mol. The first-order valence-electron chi connectivity index (χ1n) is 9.64. The summed E-state index contributed by atoms with van der Waals surface area (Å²) in [6.07, 6.45) is 3.08. The molecular formula is C19H34Cl2N4O2. The van der Waals surface area contributed by atoms with Gasteiger partial charge in [-0.2, -0.15) is 5.10 Å². The van der Waals surface area contributed by atoms with Crippen molar-refractivity contribution < 1.29 is 9.53 Å². The third-order valence-electron chi connectivity index (χ3n) is 5.66. The van der Waals surface area contributed by atoms with E-state index in [-0.39, 0.29) is 36.8 Å². The summed E-state index contributed by atoms with van der Waals surface area (Å²) in [5.74, 6) is 1.43. The Bertz CT molecular complexity index is 590. The lowest BCUT2D eigenvalue weighted by Crippen LogP contribution is -2.47. The Hall–Kier alpha value is -0.820. The van der Waals surface area contributed by atoms with Crippen molar-refractivity contribution in [3.05, 3.63) is 17.5 Å². The molecule has 8 heteroatoms. The number of carbonyl (C=O) groups is 1. The van der Waals surface area contributed by atoms with Crippen molar-refractivity contribution in [1.82, 2.24) is 20.0 Å². The molecule has 1 aromatic heterocycles. The van der Waals surface area contributed by atoms with Gasteiger partial charge in [0.05, 0.1) is 24.9 Å². The van der Waals surface area contributed by atoms with E-state index in [4.69, 9.17) is 4.74 Å². The number of morpholine rings is 1. The maximum Gasteiger partial charge on any atom is 0.223 e. The van der Waals surface area contributed by atoms with Gasteiger partial charge in [-0.05, 0) is 57.7 Å². The highest BCUT2D eigenvalue weighted by molar-refractivity contribution is 5.85. The van der Waals surface area contributed by atoms with Crippen molar-refractivity contribution in [3.8, 4) is 0 Å². The minimum atomic E-state index is 0. The van der Waals surface area contributed by atoms with Gasteiger partial charge in [0.1, 0.15) is 0 Å². The van der Waals surface area contributed by atoms with Crippen molar-refractivity contribution in [2.75, 3.05) is 32.8 Å². The topological polar surface area (TPSA) is 59.4 Å². The highest BCUT2D eigenvalue weighted by Crippen LogP contribution is 2.25. The lowest BCUT2D eigenvalue weighted by atomic mass is 9.84. The predicted molar refractivity (Wildman–Crippen MR) is 112 cm³/mol.